The number of hydrogen-bond donors (Lipinski definition) is 2. The number of hydrazone groups is 1. The molecule has 0 saturated heterocycles. The fourth-order valence-corrected chi connectivity index (χ4v) is 4.83. The molecular formula is C24H31N3O5S. The Labute approximate surface area is 195 Å². The van der Waals surface area contributed by atoms with Crippen molar-refractivity contribution >= 4 is 27.9 Å². The third-order valence-electron chi connectivity index (χ3n) is 4.93. The molecule has 0 aliphatic heterocycles. The molecule has 3 N–H and O–H groups in total. The van der Waals surface area contributed by atoms with Crippen molar-refractivity contribution in [2.24, 2.45) is 10.9 Å². The molecule has 0 heterocycles. The molecule has 9 heteroatoms. The van der Waals surface area contributed by atoms with Crippen molar-refractivity contribution in [3.05, 3.63) is 65.7 Å². The van der Waals surface area contributed by atoms with Crippen LogP contribution in [0.5, 0.6) is 0 Å². The zero-order valence-corrected chi connectivity index (χ0v) is 19.6. The highest BCUT2D eigenvalue weighted by molar-refractivity contribution is 7.91. The highest BCUT2D eigenvalue weighted by atomic mass is 32.2. The van der Waals surface area contributed by atoms with Crippen LogP contribution in [-0.2, 0) is 30.6 Å². The van der Waals surface area contributed by atoms with Crippen LogP contribution in [-0.4, -0.2) is 44.9 Å². The minimum atomic E-state index is -3.67. The smallest absolute Gasteiger partial charge is 0.307 e. The van der Waals surface area contributed by atoms with Crippen LogP contribution in [0.15, 0.2) is 64.6 Å². The topological polar surface area (TPSA) is 128 Å². The SMILES string of the molecule is CCOC(=O)CC(CS(=O)(=O)c1ccccc1)NC(=O)CCCCc1ccc(C=NN)cc1. The Hall–Kier alpha value is -3.20. The molecule has 2 aromatic rings. The predicted molar refractivity (Wildman–Crippen MR) is 127 cm³/mol. The largest absolute Gasteiger partial charge is 0.466 e. The van der Waals surface area contributed by atoms with Crippen molar-refractivity contribution < 1.29 is 22.7 Å². The molecule has 0 fully saturated rings. The minimum absolute atomic E-state index is 0.150. The standard InChI is InChI=1S/C24H31N3O5S/c1-2-32-24(29)16-21(18-33(30,31)22-9-4-3-5-10-22)27-23(28)11-7-6-8-19-12-14-20(15-13-19)17-26-25/h3-5,9-10,12-15,17,21H,2,6-8,11,16,18,25H2,1H3,(H,27,28). The molecule has 1 atom stereocenters. The molecule has 0 saturated carbocycles. The van der Waals surface area contributed by atoms with Crippen LogP contribution in [0.4, 0.5) is 0 Å². The lowest BCUT2D eigenvalue weighted by Gasteiger charge is -2.18. The van der Waals surface area contributed by atoms with Crippen LogP contribution in [0.2, 0.25) is 0 Å². The number of aryl methyl sites for hydroxylation is 1. The summed E-state index contributed by atoms with van der Waals surface area (Å²) < 4.78 is 30.4. The number of hydrogen-bond acceptors (Lipinski definition) is 7. The van der Waals surface area contributed by atoms with Gasteiger partial charge in [-0.05, 0) is 49.4 Å². The average Bonchev–Trinajstić information content (AvgIpc) is 2.78. The quantitative estimate of drug-likeness (QED) is 0.151. The lowest BCUT2D eigenvalue weighted by atomic mass is 10.1. The van der Waals surface area contributed by atoms with E-state index in [-0.39, 0.29) is 36.0 Å². The molecule has 33 heavy (non-hydrogen) atoms. The maximum Gasteiger partial charge on any atom is 0.307 e. The Balaban J connectivity index is 1.89. The summed E-state index contributed by atoms with van der Waals surface area (Å²) in [5.74, 6) is 3.93. The zero-order chi connectivity index (χ0) is 24.1. The summed E-state index contributed by atoms with van der Waals surface area (Å²) in [6, 6.07) is 14.9. The van der Waals surface area contributed by atoms with Gasteiger partial charge in [0, 0.05) is 6.42 Å². The molecule has 0 aromatic heterocycles. The van der Waals surface area contributed by atoms with Crippen molar-refractivity contribution in [3.63, 3.8) is 0 Å². The van der Waals surface area contributed by atoms with Crippen LogP contribution >= 0.6 is 0 Å². The lowest BCUT2D eigenvalue weighted by Crippen LogP contribution is -2.41. The first-order valence-electron chi connectivity index (χ1n) is 10.9. The Bertz CT molecular complexity index is 1020. The number of carbonyl (C=O) groups excluding carboxylic acids is 2. The number of esters is 1. The third kappa shape index (κ3) is 9.44. The summed E-state index contributed by atoms with van der Waals surface area (Å²) >= 11 is 0. The Morgan fingerprint density at radius 1 is 1.09 bits per heavy atom. The predicted octanol–water partition coefficient (Wildman–Crippen LogP) is 2.60. The lowest BCUT2D eigenvalue weighted by molar-refractivity contribution is -0.143. The van der Waals surface area contributed by atoms with E-state index < -0.39 is 21.8 Å². The van der Waals surface area contributed by atoms with Gasteiger partial charge >= 0.3 is 5.97 Å². The van der Waals surface area contributed by atoms with Gasteiger partial charge < -0.3 is 15.9 Å². The van der Waals surface area contributed by atoms with E-state index >= 15 is 0 Å². The van der Waals surface area contributed by atoms with Gasteiger partial charge in [0.15, 0.2) is 9.84 Å². The van der Waals surface area contributed by atoms with E-state index in [1.54, 1.807) is 31.3 Å². The van der Waals surface area contributed by atoms with Gasteiger partial charge in [-0.3, -0.25) is 9.59 Å². The number of nitrogens with zero attached hydrogens (tertiary/aromatic N) is 1. The van der Waals surface area contributed by atoms with E-state index in [1.807, 2.05) is 24.3 Å². The van der Waals surface area contributed by atoms with Gasteiger partial charge in [-0.15, -0.1) is 0 Å². The number of nitrogens with two attached hydrogens (primary N) is 1. The number of amides is 1. The van der Waals surface area contributed by atoms with Gasteiger partial charge in [0.1, 0.15) is 0 Å². The first-order chi connectivity index (χ1) is 15.8. The molecule has 178 valence electrons. The van der Waals surface area contributed by atoms with E-state index in [9.17, 15) is 18.0 Å². The monoisotopic (exact) mass is 473 g/mol. The van der Waals surface area contributed by atoms with Gasteiger partial charge in [-0.1, -0.05) is 42.5 Å². The molecule has 0 aliphatic carbocycles. The van der Waals surface area contributed by atoms with E-state index in [0.717, 1.165) is 24.0 Å². The van der Waals surface area contributed by atoms with Gasteiger partial charge in [0.25, 0.3) is 0 Å². The first-order valence-corrected chi connectivity index (χ1v) is 12.5. The Morgan fingerprint density at radius 2 is 1.79 bits per heavy atom. The number of sulfone groups is 1. The molecule has 0 spiro atoms. The molecule has 1 amide bonds. The van der Waals surface area contributed by atoms with Crippen LogP contribution in [0.25, 0.3) is 0 Å². The van der Waals surface area contributed by atoms with E-state index in [1.165, 1.54) is 12.1 Å². The summed E-state index contributed by atoms with van der Waals surface area (Å²) in [5, 5.41) is 6.19. The fraction of sp³-hybridized carbons (Fsp3) is 0.375. The highest BCUT2D eigenvalue weighted by Crippen LogP contribution is 2.14. The number of carbonyl (C=O) groups is 2. The van der Waals surface area contributed by atoms with Crippen molar-refractivity contribution in [2.45, 2.75) is 50.0 Å². The summed E-state index contributed by atoms with van der Waals surface area (Å²) in [6.07, 6.45) is 3.84. The van der Waals surface area contributed by atoms with E-state index in [0.29, 0.717) is 6.42 Å². The van der Waals surface area contributed by atoms with Gasteiger partial charge in [0.05, 0.1) is 35.9 Å². The zero-order valence-electron chi connectivity index (χ0n) is 18.8. The number of ether oxygens (including phenoxy) is 1. The second-order valence-corrected chi connectivity index (χ2v) is 9.63. The normalized spacial score (nSPS) is 12.4. The summed E-state index contributed by atoms with van der Waals surface area (Å²) in [7, 11) is -3.67. The van der Waals surface area contributed by atoms with Crippen molar-refractivity contribution in [3.8, 4) is 0 Å². The molecule has 0 bridgehead atoms. The number of benzene rings is 2. The average molecular weight is 474 g/mol. The van der Waals surface area contributed by atoms with E-state index in [4.69, 9.17) is 10.6 Å². The van der Waals surface area contributed by atoms with Crippen LogP contribution in [0.1, 0.15) is 43.7 Å². The first kappa shape index (κ1) is 26.1. The van der Waals surface area contributed by atoms with Crippen LogP contribution in [0, 0.1) is 0 Å². The fourth-order valence-electron chi connectivity index (χ4n) is 3.33. The van der Waals surface area contributed by atoms with Crippen LogP contribution in [0.3, 0.4) is 0 Å². The van der Waals surface area contributed by atoms with Gasteiger partial charge in [-0.25, -0.2) is 8.42 Å². The van der Waals surface area contributed by atoms with Gasteiger partial charge in [-0.2, -0.15) is 5.10 Å². The van der Waals surface area contributed by atoms with Crippen molar-refractivity contribution in [1.82, 2.24) is 5.32 Å². The second-order valence-electron chi connectivity index (χ2n) is 7.59. The van der Waals surface area contributed by atoms with E-state index in [2.05, 4.69) is 10.4 Å². The van der Waals surface area contributed by atoms with Crippen molar-refractivity contribution in [2.75, 3.05) is 12.4 Å². The second kappa shape index (κ2) is 13.4. The van der Waals surface area contributed by atoms with Gasteiger partial charge in [0.2, 0.25) is 5.91 Å². The molecule has 0 radical (unpaired) electrons. The number of rotatable bonds is 13. The summed E-state index contributed by atoms with van der Waals surface area (Å²) in [4.78, 5) is 24.6. The van der Waals surface area contributed by atoms with Crippen LogP contribution < -0.4 is 11.2 Å². The molecule has 2 aromatic carbocycles. The minimum Gasteiger partial charge on any atom is -0.466 e. The Morgan fingerprint density at radius 3 is 2.42 bits per heavy atom. The molecular weight excluding hydrogens is 442 g/mol. The molecule has 2 rings (SSSR count). The number of nitrogens with one attached hydrogen (secondary N) is 1. The summed E-state index contributed by atoms with van der Waals surface area (Å²) in [6.45, 7) is 1.86. The number of unbranched alkanes of at least 4 members (excludes halogenated alkanes) is 1. The highest BCUT2D eigenvalue weighted by Gasteiger charge is 2.25. The maximum atomic E-state index is 12.7. The molecule has 8 nitrogen and oxygen atoms in total. The Kier molecular flexibility index (Phi) is 10.6. The summed E-state index contributed by atoms with van der Waals surface area (Å²) in [5.41, 5.74) is 2.05. The van der Waals surface area contributed by atoms with Crippen molar-refractivity contribution in [1.29, 1.82) is 0 Å². The molecule has 1 unspecified atom stereocenters. The maximum absolute atomic E-state index is 12.7. The molecule has 0 aliphatic rings. The third-order valence-corrected chi connectivity index (χ3v) is 6.76.